The normalized spacial score (nSPS) is 24.7. The predicted molar refractivity (Wildman–Crippen MR) is 68.4 cm³/mol. The van der Waals surface area contributed by atoms with Gasteiger partial charge in [0.15, 0.2) is 0 Å². The smallest absolute Gasteiger partial charge is 0.140 e. The van der Waals surface area contributed by atoms with E-state index in [1.165, 1.54) is 6.42 Å². The summed E-state index contributed by atoms with van der Waals surface area (Å²) in [5.41, 5.74) is 1.14. The summed E-state index contributed by atoms with van der Waals surface area (Å²) in [6.45, 7) is 2.17. The Morgan fingerprint density at radius 3 is 2.47 bits per heavy atom. The lowest BCUT2D eigenvalue weighted by Crippen LogP contribution is -2.22. The number of methoxy groups -OCH3 is 1. The van der Waals surface area contributed by atoms with Crippen LogP contribution in [0.25, 0.3) is 0 Å². The van der Waals surface area contributed by atoms with Crippen LogP contribution in [0.1, 0.15) is 44.1 Å². The van der Waals surface area contributed by atoms with Crippen LogP contribution in [0, 0.1) is 5.92 Å². The highest BCUT2D eigenvalue weighted by atomic mass is 16.5. The van der Waals surface area contributed by atoms with Gasteiger partial charge in [-0.1, -0.05) is 25.5 Å². The third-order valence-electron chi connectivity index (χ3n) is 3.84. The molecule has 0 unspecified atom stereocenters. The van der Waals surface area contributed by atoms with E-state index in [2.05, 4.69) is 6.92 Å². The van der Waals surface area contributed by atoms with Crippen molar-refractivity contribution in [1.82, 2.24) is 0 Å². The van der Waals surface area contributed by atoms with Crippen LogP contribution < -0.4 is 4.74 Å². The average Bonchev–Trinajstić information content (AvgIpc) is 2.39. The number of Topliss-reactive ketones (excluding diaryl/α,β-unsaturated/α-hetero) is 1. The quantitative estimate of drug-likeness (QED) is 0.796. The number of carbonyl (C=O) groups is 1. The maximum absolute atomic E-state index is 12.1. The monoisotopic (exact) mass is 232 g/mol. The Bertz CT molecular complexity index is 380. The molecule has 0 amide bonds. The molecule has 1 aliphatic rings. The van der Waals surface area contributed by atoms with E-state index in [0.717, 1.165) is 30.6 Å². The molecule has 0 spiro atoms. The predicted octanol–water partition coefficient (Wildman–Crippen LogP) is 3.56. The van der Waals surface area contributed by atoms with Gasteiger partial charge < -0.3 is 4.74 Å². The summed E-state index contributed by atoms with van der Waals surface area (Å²) in [5, 5.41) is 0. The minimum atomic E-state index is 0.115. The lowest BCUT2D eigenvalue weighted by atomic mass is 9.77. The minimum absolute atomic E-state index is 0.115. The highest BCUT2D eigenvalue weighted by Gasteiger charge is 2.28. The van der Waals surface area contributed by atoms with Crippen molar-refractivity contribution in [2.45, 2.75) is 38.5 Å². The van der Waals surface area contributed by atoms with Crippen LogP contribution in [-0.4, -0.2) is 12.9 Å². The second-order valence-corrected chi connectivity index (χ2v) is 4.85. The number of hydrogen-bond acceptors (Lipinski definition) is 2. The van der Waals surface area contributed by atoms with Gasteiger partial charge in [-0.3, -0.25) is 4.79 Å². The molecule has 0 aromatic heterocycles. The van der Waals surface area contributed by atoms with E-state index in [4.69, 9.17) is 4.74 Å². The molecule has 2 nitrogen and oxygen atoms in total. The summed E-state index contributed by atoms with van der Waals surface area (Å²) < 4.78 is 5.13. The third-order valence-corrected chi connectivity index (χ3v) is 3.84. The second-order valence-electron chi connectivity index (χ2n) is 4.85. The Balaban J connectivity index is 2.09. The first kappa shape index (κ1) is 12.2. The van der Waals surface area contributed by atoms with E-state index >= 15 is 0 Å². The molecule has 2 heteroatoms. The second kappa shape index (κ2) is 5.35. The molecule has 1 aliphatic carbocycles. The summed E-state index contributed by atoms with van der Waals surface area (Å²) in [4.78, 5) is 12.1. The molecule has 0 saturated heterocycles. The van der Waals surface area contributed by atoms with Gasteiger partial charge in [-0.25, -0.2) is 0 Å². The highest BCUT2D eigenvalue weighted by molar-refractivity contribution is 5.86. The van der Waals surface area contributed by atoms with Crippen LogP contribution >= 0.6 is 0 Å². The van der Waals surface area contributed by atoms with E-state index in [0.29, 0.717) is 11.7 Å². The van der Waals surface area contributed by atoms with Crippen molar-refractivity contribution >= 4 is 5.78 Å². The lowest BCUT2D eigenvalue weighted by molar-refractivity contribution is -0.123. The van der Waals surface area contributed by atoms with Crippen molar-refractivity contribution in [2.24, 2.45) is 5.92 Å². The van der Waals surface area contributed by atoms with Gasteiger partial charge in [-0.05, 0) is 36.5 Å². The fourth-order valence-electron chi connectivity index (χ4n) is 2.63. The molecule has 17 heavy (non-hydrogen) atoms. The first-order valence-electron chi connectivity index (χ1n) is 6.41. The topological polar surface area (TPSA) is 26.3 Å². The van der Waals surface area contributed by atoms with Gasteiger partial charge in [0, 0.05) is 12.3 Å². The summed E-state index contributed by atoms with van der Waals surface area (Å²) in [6.07, 6.45) is 4.07. The summed E-state index contributed by atoms with van der Waals surface area (Å²) in [7, 11) is 1.66. The molecule has 0 heterocycles. The SMILES string of the molecule is CC[C@@H]1CC[C@@H](c2ccc(OC)cc2)C(=O)C1. The Kier molecular flexibility index (Phi) is 3.82. The van der Waals surface area contributed by atoms with Gasteiger partial charge in [0.2, 0.25) is 0 Å². The van der Waals surface area contributed by atoms with Gasteiger partial charge in [-0.2, -0.15) is 0 Å². The fourth-order valence-corrected chi connectivity index (χ4v) is 2.63. The zero-order valence-corrected chi connectivity index (χ0v) is 10.6. The van der Waals surface area contributed by atoms with Gasteiger partial charge >= 0.3 is 0 Å². The van der Waals surface area contributed by atoms with E-state index in [9.17, 15) is 4.79 Å². The first-order chi connectivity index (χ1) is 8.24. The Morgan fingerprint density at radius 2 is 1.94 bits per heavy atom. The maximum atomic E-state index is 12.1. The number of ketones is 1. The Labute approximate surface area is 103 Å². The van der Waals surface area contributed by atoms with Gasteiger partial charge in [0.25, 0.3) is 0 Å². The molecular formula is C15H20O2. The summed E-state index contributed by atoms with van der Waals surface area (Å²) in [5.74, 6) is 1.98. The maximum Gasteiger partial charge on any atom is 0.140 e. The van der Waals surface area contributed by atoms with E-state index in [-0.39, 0.29) is 5.92 Å². The van der Waals surface area contributed by atoms with Crippen LogP contribution in [0.5, 0.6) is 5.75 Å². The largest absolute Gasteiger partial charge is 0.497 e. The molecular weight excluding hydrogens is 212 g/mol. The van der Waals surface area contributed by atoms with E-state index < -0.39 is 0 Å². The molecule has 0 bridgehead atoms. The Morgan fingerprint density at radius 1 is 1.24 bits per heavy atom. The van der Waals surface area contributed by atoms with Crippen molar-refractivity contribution in [2.75, 3.05) is 7.11 Å². The molecule has 2 atom stereocenters. The van der Waals surface area contributed by atoms with Gasteiger partial charge in [0.1, 0.15) is 11.5 Å². The number of benzene rings is 1. The minimum Gasteiger partial charge on any atom is -0.497 e. The van der Waals surface area contributed by atoms with Crippen LogP contribution in [0.2, 0.25) is 0 Å². The van der Waals surface area contributed by atoms with E-state index in [1.54, 1.807) is 7.11 Å². The highest BCUT2D eigenvalue weighted by Crippen LogP contribution is 2.34. The summed E-state index contributed by atoms with van der Waals surface area (Å²) in [6, 6.07) is 7.92. The molecule has 2 rings (SSSR count). The third kappa shape index (κ3) is 2.68. The zero-order valence-electron chi connectivity index (χ0n) is 10.6. The van der Waals surface area contributed by atoms with Crippen LogP contribution in [0.4, 0.5) is 0 Å². The standard InChI is InChI=1S/C15H20O2/c1-3-11-4-9-14(15(16)10-11)12-5-7-13(17-2)8-6-12/h5-8,11,14H,3-4,9-10H2,1-2H3/t11-,14+/m1/s1. The van der Waals surface area contributed by atoms with Gasteiger partial charge in [-0.15, -0.1) is 0 Å². The molecule has 1 aromatic carbocycles. The first-order valence-corrected chi connectivity index (χ1v) is 6.41. The van der Waals surface area contributed by atoms with Crippen molar-refractivity contribution in [3.63, 3.8) is 0 Å². The van der Waals surface area contributed by atoms with Crippen LogP contribution in [-0.2, 0) is 4.79 Å². The molecule has 1 aromatic rings. The molecule has 0 aliphatic heterocycles. The lowest BCUT2D eigenvalue weighted by Gasteiger charge is -2.26. The number of ether oxygens (including phenoxy) is 1. The average molecular weight is 232 g/mol. The molecule has 1 fully saturated rings. The van der Waals surface area contributed by atoms with Crippen molar-refractivity contribution < 1.29 is 9.53 Å². The molecule has 0 N–H and O–H groups in total. The Hall–Kier alpha value is -1.31. The van der Waals surface area contributed by atoms with E-state index in [1.807, 2.05) is 24.3 Å². The number of carbonyl (C=O) groups excluding carboxylic acids is 1. The molecule has 0 radical (unpaired) electrons. The van der Waals surface area contributed by atoms with Gasteiger partial charge in [0.05, 0.1) is 7.11 Å². The van der Waals surface area contributed by atoms with Crippen LogP contribution in [0.15, 0.2) is 24.3 Å². The van der Waals surface area contributed by atoms with Crippen molar-refractivity contribution in [3.8, 4) is 5.75 Å². The molecule has 92 valence electrons. The number of hydrogen-bond donors (Lipinski definition) is 0. The van der Waals surface area contributed by atoms with Crippen LogP contribution in [0.3, 0.4) is 0 Å². The van der Waals surface area contributed by atoms with Crippen molar-refractivity contribution in [1.29, 1.82) is 0 Å². The summed E-state index contributed by atoms with van der Waals surface area (Å²) >= 11 is 0. The molecule has 1 saturated carbocycles. The van der Waals surface area contributed by atoms with Crippen molar-refractivity contribution in [3.05, 3.63) is 29.8 Å². The number of rotatable bonds is 3. The fraction of sp³-hybridized carbons (Fsp3) is 0.533. The zero-order chi connectivity index (χ0) is 12.3.